The van der Waals surface area contributed by atoms with Crippen molar-refractivity contribution < 1.29 is 14.3 Å². The summed E-state index contributed by atoms with van der Waals surface area (Å²) in [4.78, 5) is 26.8. The number of carbonyl (C=O) groups excluding carboxylic acids is 2. The first kappa shape index (κ1) is 23.3. The Hall–Kier alpha value is -3.36. The Kier molecular flexibility index (Phi) is 8.24. The maximum Gasteiger partial charge on any atom is 0.239 e. The minimum atomic E-state index is -0.234. The van der Waals surface area contributed by atoms with E-state index in [1.165, 1.54) is 0 Å². The lowest BCUT2D eigenvalue weighted by Crippen LogP contribution is -2.38. The van der Waals surface area contributed by atoms with Crippen molar-refractivity contribution in [2.75, 3.05) is 37.4 Å². The van der Waals surface area contributed by atoms with Crippen LogP contribution in [0.3, 0.4) is 0 Å². The summed E-state index contributed by atoms with van der Waals surface area (Å²) in [6.07, 6.45) is 1.62. The number of carbonyl (C=O) groups is 2. The van der Waals surface area contributed by atoms with Crippen molar-refractivity contribution in [3.05, 3.63) is 71.4 Å². The Balaban J connectivity index is 1.55. The van der Waals surface area contributed by atoms with Gasteiger partial charge in [0, 0.05) is 22.8 Å². The van der Waals surface area contributed by atoms with E-state index in [-0.39, 0.29) is 24.9 Å². The number of hydrogen-bond acceptors (Lipinski definition) is 5. The van der Waals surface area contributed by atoms with Crippen LogP contribution in [0, 0.1) is 0 Å². The van der Waals surface area contributed by atoms with Crippen LogP contribution in [-0.2, 0) is 16.1 Å². The van der Waals surface area contributed by atoms with E-state index < -0.39 is 0 Å². The Morgan fingerprint density at radius 3 is 2.53 bits per heavy atom. The van der Waals surface area contributed by atoms with Crippen molar-refractivity contribution in [3.8, 4) is 5.75 Å². The van der Waals surface area contributed by atoms with Gasteiger partial charge in [-0.25, -0.2) is 4.68 Å². The number of nitrogens with zero attached hydrogens (tertiary/aromatic N) is 3. The molecular formula is C23H26ClN5O3. The molecule has 2 N–H and O–H groups in total. The second-order valence-corrected chi connectivity index (χ2v) is 7.50. The number of nitrogens with one attached hydrogen (secondary N) is 2. The first-order valence-corrected chi connectivity index (χ1v) is 10.6. The highest BCUT2D eigenvalue weighted by Crippen LogP contribution is 2.18. The normalized spacial score (nSPS) is 10.8. The van der Waals surface area contributed by atoms with Gasteiger partial charge in [-0.05, 0) is 30.3 Å². The molecule has 3 rings (SSSR count). The van der Waals surface area contributed by atoms with Gasteiger partial charge in [0.25, 0.3) is 0 Å². The van der Waals surface area contributed by atoms with Crippen LogP contribution in [-0.4, -0.2) is 53.2 Å². The molecule has 2 amide bonds. The molecule has 0 aliphatic rings. The van der Waals surface area contributed by atoms with E-state index in [4.69, 9.17) is 16.3 Å². The van der Waals surface area contributed by atoms with E-state index in [2.05, 4.69) is 15.7 Å². The molecule has 3 aromatic rings. The van der Waals surface area contributed by atoms with Crippen molar-refractivity contribution >= 4 is 34.9 Å². The second kappa shape index (κ2) is 11.3. The Bertz CT molecular complexity index is 1070. The predicted molar refractivity (Wildman–Crippen MR) is 125 cm³/mol. The van der Waals surface area contributed by atoms with E-state index in [9.17, 15) is 9.59 Å². The molecule has 0 aliphatic carbocycles. The van der Waals surface area contributed by atoms with Gasteiger partial charge in [0.15, 0.2) is 0 Å². The van der Waals surface area contributed by atoms with Crippen molar-refractivity contribution in [2.24, 2.45) is 0 Å². The van der Waals surface area contributed by atoms with Gasteiger partial charge < -0.3 is 15.4 Å². The standard InChI is InChI=1S/C23H26ClN5O3/c1-3-28(15-22(30)26-18-8-6-9-19(13-18)32-2)16-23(31)27-21-11-12-25-29(21)14-17-7-4-5-10-20(17)24/h4-13H,3,14-16H2,1-2H3,(H,26,30)(H,27,31). The molecule has 0 spiro atoms. The number of amides is 2. The average Bonchev–Trinajstić information content (AvgIpc) is 3.21. The third kappa shape index (κ3) is 6.57. The Labute approximate surface area is 192 Å². The summed E-state index contributed by atoms with van der Waals surface area (Å²) in [5.41, 5.74) is 1.54. The van der Waals surface area contributed by atoms with Crippen LogP contribution >= 0.6 is 11.6 Å². The largest absolute Gasteiger partial charge is 0.497 e. The minimum absolute atomic E-state index is 0.0688. The number of aromatic nitrogens is 2. The highest BCUT2D eigenvalue weighted by Gasteiger charge is 2.15. The molecule has 0 bridgehead atoms. The topological polar surface area (TPSA) is 88.5 Å². The van der Waals surface area contributed by atoms with Crippen LogP contribution < -0.4 is 15.4 Å². The summed E-state index contributed by atoms with van der Waals surface area (Å²) in [5.74, 6) is 0.772. The lowest BCUT2D eigenvalue weighted by molar-refractivity contribution is -0.119. The number of benzene rings is 2. The molecule has 1 aromatic heterocycles. The number of rotatable bonds is 10. The molecular weight excluding hydrogens is 430 g/mol. The minimum Gasteiger partial charge on any atom is -0.497 e. The highest BCUT2D eigenvalue weighted by atomic mass is 35.5. The Morgan fingerprint density at radius 2 is 1.81 bits per heavy atom. The molecule has 0 saturated carbocycles. The molecule has 0 radical (unpaired) electrons. The second-order valence-electron chi connectivity index (χ2n) is 7.10. The number of ether oxygens (including phenoxy) is 1. The van der Waals surface area contributed by atoms with Crippen molar-refractivity contribution in [2.45, 2.75) is 13.5 Å². The number of halogens is 1. The highest BCUT2D eigenvalue weighted by molar-refractivity contribution is 6.31. The molecule has 0 saturated heterocycles. The fraction of sp³-hybridized carbons (Fsp3) is 0.261. The van der Waals surface area contributed by atoms with Crippen LogP contribution in [0.4, 0.5) is 11.5 Å². The summed E-state index contributed by atoms with van der Waals surface area (Å²) in [7, 11) is 1.57. The van der Waals surface area contributed by atoms with E-state index in [0.717, 1.165) is 5.56 Å². The number of hydrogen-bond donors (Lipinski definition) is 2. The zero-order valence-corrected chi connectivity index (χ0v) is 18.8. The molecule has 0 unspecified atom stereocenters. The van der Waals surface area contributed by atoms with E-state index in [0.29, 0.717) is 35.4 Å². The maximum absolute atomic E-state index is 12.6. The van der Waals surface area contributed by atoms with Crippen molar-refractivity contribution in [1.29, 1.82) is 0 Å². The van der Waals surface area contributed by atoms with Gasteiger partial charge >= 0.3 is 0 Å². The molecule has 9 heteroatoms. The first-order valence-electron chi connectivity index (χ1n) is 10.2. The molecule has 1 heterocycles. The van der Waals surface area contributed by atoms with E-state index in [1.54, 1.807) is 53.2 Å². The predicted octanol–water partition coefficient (Wildman–Crippen LogP) is 3.49. The molecule has 2 aromatic carbocycles. The number of methoxy groups -OCH3 is 1. The van der Waals surface area contributed by atoms with Gasteiger partial charge in [0.2, 0.25) is 11.8 Å². The summed E-state index contributed by atoms with van der Waals surface area (Å²) in [6, 6.07) is 16.3. The number of anilines is 2. The quantitative estimate of drug-likeness (QED) is 0.488. The molecule has 32 heavy (non-hydrogen) atoms. The summed E-state index contributed by atoms with van der Waals surface area (Å²) >= 11 is 6.23. The Morgan fingerprint density at radius 1 is 1.06 bits per heavy atom. The van der Waals surface area contributed by atoms with Gasteiger partial charge in [-0.2, -0.15) is 5.10 Å². The van der Waals surface area contributed by atoms with Gasteiger partial charge in [0.05, 0.1) is 32.9 Å². The fourth-order valence-electron chi connectivity index (χ4n) is 3.12. The first-order chi connectivity index (χ1) is 15.5. The van der Waals surface area contributed by atoms with E-state index >= 15 is 0 Å². The summed E-state index contributed by atoms with van der Waals surface area (Å²) < 4.78 is 6.84. The van der Waals surface area contributed by atoms with Gasteiger partial charge in [0.1, 0.15) is 11.6 Å². The molecule has 8 nitrogen and oxygen atoms in total. The SMILES string of the molecule is CCN(CC(=O)Nc1cccc(OC)c1)CC(=O)Nc1ccnn1Cc1ccccc1Cl. The van der Waals surface area contributed by atoms with Crippen molar-refractivity contribution in [3.63, 3.8) is 0 Å². The van der Waals surface area contributed by atoms with Crippen LogP contribution in [0.1, 0.15) is 12.5 Å². The van der Waals surface area contributed by atoms with Crippen LogP contribution in [0.15, 0.2) is 60.8 Å². The monoisotopic (exact) mass is 455 g/mol. The lowest BCUT2D eigenvalue weighted by Gasteiger charge is -2.19. The van der Waals surface area contributed by atoms with E-state index in [1.807, 2.05) is 31.2 Å². The molecule has 0 aliphatic heterocycles. The molecule has 0 fully saturated rings. The van der Waals surface area contributed by atoms with Crippen LogP contribution in [0.25, 0.3) is 0 Å². The average molecular weight is 456 g/mol. The fourth-order valence-corrected chi connectivity index (χ4v) is 3.32. The summed E-state index contributed by atoms with van der Waals surface area (Å²) in [5, 5.41) is 10.6. The summed E-state index contributed by atoms with van der Waals surface area (Å²) in [6.45, 7) is 3.02. The van der Waals surface area contributed by atoms with Crippen molar-refractivity contribution in [1.82, 2.24) is 14.7 Å². The molecule has 0 atom stereocenters. The van der Waals surface area contributed by atoms with Crippen LogP contribution in [0.5, 0.6) is 5.75 Å². The van der Waals surface area contributed by atoms with Gasteiger partial charge in [-0.1, -0.05) is 42.8 Å². The maximum atomic E-state index is 12.6. The zero-order chi connectivity index (χ0) is 22.9. The molecule has 168 valence electrons. The van der Waals surface area contributed by atoms with Gasteiger partial charge in [-0.3, -0.25) is 14.5 Å². The third-order valence-electron chi connectivity index (χ3n) is 4.80. The zero-order valence-electron chi connectivity index (χ0n) is 18.0. The number of likely N-dealkylation sites (N-methyl/N-ethyl adjacent to an activating group) is 1. The lowest BCUT2D eigenvalue weighted by atomic mass is 10.2. The smallest absolute Gasteiger partial charge is 0.239 e. The van der Waals surface area contributed by atoms with Crippen LogP contribution in [0.2, 0.25) is 5.02 Å². The van der Waals surface area contributed by atoms with Gasteiger partial charge in [-0.15, -0.1) is 0 Å². The third-order valence-corrected chi connectivity index (χ3v) is 5.17.